The fourth-order valence-electron chi connectivity index (χ4n) is 2.67. The van der Waals surface area contributed by atoms with Gasteiger partial charge in [-0.05, 0) is 26.7 Å². The maximum atomic E-state index is 6.00. The summed E-state index contributed by atoms with van der Waals surface area (Å²) in [6.45, 7) is 13.8. The smallest absolute Gasteiger partial charge is 0.1000 e. The molecular formula is C18H34O4S2. The van der Waals surface area contributed by atoms with E-state index in [1.165, 1.54) is 0 Å². The van der Waals surface area contributed by atoms with Gasteiger partial charge in [0.05, 0.1) is 50.5 Å². The van der Waals surface area contributed by atoms with Gasteiger partial charge in [-0.1, -0.05) is 13.8 Å². The lowest BCUT2D eigenvalue weighted by molar-refractivity contribution is -0.151. The highest BCUT2D eigenvalue weighted by Gasteiger charge is 2.38. The van der Waals surface area contributed by atoms with Crippen molar-refractivity contribution in [2.75, 3.05) is 51.1 Å². The Hall–Kier alpha value is 0.540. The van der Waals surface area contributed by atoms with Crippen LogP contribution < -0.4 is 0 Å². The second kappa shape index (κ2) is 10.0. The predicted molar refractivity (Wildman–Crippen MR) is 103 cm³/mol. The summed E-state index contributed by atoms with van der Waals surface area (Å²) in [7, 11) is 0. The van der Waals surface area contributed by atoms with E-state index in [1.54, 1.807) is 0 Å². The average molecular weight is 379 g/mol. The van der Waals surface area contributed by atoms with E-state index in [2.05, 4.69) is 27.7 Å². The Morgan fingerprint density at radius 1 is 0.792 bits per heavy atom. The van der Waals surface area contributed by atoms with Gasteiger partial charge in [0.25, 0.3) is 0 Å². The molecule has 2 unspecified atom stereocenters. The van der Waals surface area contributed by atoms with Gasteiger partial charge in [-0.15, -0.1) is 23.5 Å². The molecular weight excluding hydrogens is 344 g/mol. The lowest BCUT2D eigenvalue weighted by atomic mass is 9.84. The maximum absolute atomic E-state index is 6.00. The molecule has 6 heteroatoms. The molecule has 2 rings (SSSR count). The van der Waals surface area contributed by atoms with Gasteiger partial charge >= 0.3 is 0 Å². The second-order valence-electron chi connectivity index (χ2n) is 7.19. The molecule has 0 spiro atoms. The molecule has 2 heterocycles. The van der Waals surface area contributed by atoms with E-state index < -0.39 is 0 Å². The zero-order valence-electron chi connectivity index (χ0n) is 15.7. The van der Waals surface area contributed by atoms with Gasteiger partial charge in [0, 0.05) is 22.3 Å². The molecule has 2 atom stereocenters. The van der Waals surface area contributed by atoms with Gasteiger partial charge in [-0.3, -0.25) is 0 Å². The van der Waals surface area contributed by atoms with Crippen LogP contribution in [0.5, 0.6) is 0 Å². The summed E-state index contributed by atoms with van der Waals surface area (Å²) in [4.78, 5) is 0. The highest BCUT2D eigenvalue weighted by atomic mass is 32.2. The third-order valence-electron chi connectivity index (χ3n) is 5.17. The largest absolute Gasteiger partial charge is 0.380 e. The van der Waals surface area contributed by atoms with Gasteiger partial charge in [-0.2, -0.15) is 0 Å². The fraction of sp³-hybridized carbons (Fsp3) is 1.00. The van der Waals surface area contributed by atoms with Crippen molar-refractivity contribution in [1.82, 2.24) is 0 Å². The summed E-state index contributed by atoms with van der Waals surface area (Å²) < 4.78 is 22.7. The van der Waals surface area contributed by atoms with Crippen molar-refractivity contribution < 1.29 is 18.9 Å². The molecule has 0 aliphatic carbocycles. The molecule has 0 saturated carbocycles. The highest BCUT2D eigenvalue weighted by Crippen LogP contribution is 2.33. The van der Waals surface area contributed by atoms with Crippen molar-refractivity contribution in [3.8, 4) is 0 Å². The van der Waals surface area contributed by atoms with Crippen LogP contribution in [-0.4, -0.2) is 62.0 Å². The third-order valence-corrected chi connectivity index (χ3v) is 7.52. The lowest BCUT2D eigenvalue weighted by Gasteiger charge is -2.41. The molecule has 4 nitrogen and oxygen atoms in total. The van der Waals surface area contributed by atoms with E-state index >= 15 is 0 Å². The van der Waals surface area contributed by atoms with E-state index in [9.17, 15) is 0 Å². The standard InChI is InChI=1S/C18H34O4S2/c1-5-17(9-19-10-17)13-21-15(3)23-7-8-24-16(4)22-14-18(6-2)11-20-12-18/h15-16H,5-14H2,1-4H3. The normalized spacial score (nSPS) is 24.0. The summed E-state index contributed by atoms with van der Waals surface area (Å²) in [6.07, 6.45) is 2.28. The highest BCUT2D eigenvalue weighted by molar-refractivity contribution is 8.03. The van der Waals surface area contributed by atoms with Crippen LogP contribution in [0.15, 0.2) is 0 Å². The van der Waals surface area contributed by atoms with Crippen LogP contribution in [-0.2, 0) is 18.9 Å². The SMILES string of the molecule is CCC1(COC(C)SCCSC(C)OCC2(CC)COC2)COC1. The summed E-state index contributed by atoms with van der Waals surface area (Å²) in [5.41, 5.74) is 1.07. The molecule has 2 aliphatic heterocycles. The lowest BCUT2D eigenvalue weighted by Crippen LogP contribution is -2.46. The van der Waals surface area contributed by atoms with Crippen LogP contribution in [0.1, 0.15) is 40.5 Å². The second-order valence-corrected chi connectivity index (χ2v) is 10.0. The van der Waals surface area contributed by atoms with Crippen LogP contribution in [0, 0.1) is 10.8 Å². The summed E-state index contributed by atoms with van der Waals surface area (Å²) in [5.74, 6) is 2.19. The molecule has 142 valence electrons. The Kier molecular flexibility index (Phi) is 8.71. The first-order valence-corrected chi connectivity index (χ1v) is 11.2. The van der Waals surface area contributed by atoms with Crippen molar-refractivity contribution in [3.63, 3.8) is 0 Å². The monoisotopic (exact) mass is 378 g/mol. The van der Waals surface area contributed by atoms with Crippen LogP contribution in [0.2, 0.25) is 0 Å². The van der Waals surface area contributed by atoms with Crippen molar-refractivity contribution in [3.05, 3.63) is 0 Å². The number of ether oxygens (including phenoxy) is 4. The minimum absolute atomic E-state index is 0.251. The van der Waals surface area contributed by atoms with E-state index in [0.717, 1.165) is 64.0 Å². The number of hydrogen-bond donors (Lipinski definition) is 0. The molecule has 0 aromatic carbocycles. The van der Waals surface area contributed by atoms with Gasteiger partial charge in [0.15, 0.2) is 0 Å². The molecule has 2 saturated heterocycles. The minimum atomic E-state index is 0.251. The molecule has 0 amide bonds. The van der Waals surface area contributed by atoms with E-state index in [-0.39, 0.29) is 21.7 Å². The first-order chi connectivity index (χ1) is 11.5. The molecule has 0 bridgehead atoms. The summed E-state index contributed by atoms with van der Waals surface area (Å²) >= 11 is 3.78. The van der Waals surface area contributed by atoms with Crippen LogP contribution >= 0.6 is 23.5 Å². The van der Waals surface area contributed by atoms with Gasteiger partial charge in [0.2, 0.25) is 0 Å². The van der Waals surface area contributed by atoms with Crippen molar-refractivity contribution in [1.29, 1.82) is 0 Å². The summed E-state index contributed by atoms with van der Waals surface area (Å²) in [6, 6.07) is 0. The van der Waals surface area contributed by atoms with Gasteiger partial charge in [-0.25, -0.2) is 0 Å². The van der Waals surface area contributed by atoms with Crippen molar-refractivity contribution in [2.45, 2.75) is 51.4 Å². The van der Waals surface area contributed by atoms with E-state index in [1.807, 2.05) is 23.5 Å². The first-order valence-electron chi connectivity index (χ1n) is 9.15. The Bertz CT molecular complexity index is 314. The number of rotatable bonds is 13. The third kappa shape index (κ3) is 6.06. The first kappa shape index (κ1) is 20.8. The van der Waals surface area contributed by atoms with Crippen molar-refractivity contribution in [2.24, 2.45) is 10.8 Å². The quantitative estimate of drug-likeness (QED) is 0.356. The minimum Gasteiger partial charge on any atom is -0.380 e. The zero-order valence-corrected chi connectivity index (χ0v) is 17.3. The Balaban J connectivity index is 1.47. The van der Waals surface area contributed by atoms with E-state index in [0.29, 0.717) is 0 Å². The van der Waals surface area contributed by atoms with Crippen LogP contribution in [0.25, 0.3) is 0 Å². The maximum Gasteiger partial charge on any atom is 0.1000 e. The summed E-state index contributed by atoms with van der Waals surface area (Å²) in [5, 5.41) is 0. The Morgan fingerprint density at radius 2 is 1.17 bits per heavy atom. The molecule has 2 aliphatic rings. The molecule has 0 radical (unpaired) electrons. The Labute approximate surface area is 156 Å². The Morgan fingerprint density at radius 3 is 1.42 bits per heavy atom. The molecule has 24 heavy (non-hydrogen) atoms. The topological polar surface area (TPSA) is 36.9 Å². The fourth-order valence-corrected chi connectivity index (χ4v) is 4.44. The molecule has 0 aromatic heterocycles. The molecule has 0 N–H and O–H groups in total. The molecule has 0 aromatic rings. The number of thioether (sulfide) groups is 2. The predicted octanol–water partition coefficient (Wildman–Crippen LogP) is 4.03. The van der Waals surface area contributed by atoms with Crippen molar-refractivity contribution >= 4 is 23.5 Å². The average Bonchev–Trinajstić information content (AvgIpc) is 2.50. The van der Waals surface area contributed by atoms with Crippen LogP contribution in [0.3, 0.4) is 0 Å². The van der Waals surface area contributed by atoms with Crippen LogP contribution in [0.4, 0.5) is 0 Å². The van der Waals surface area contributed by atoms with Gasteiger partial charge < -0.3 is 18.9 Å². The number of hydrogen-bond acceptors (Lipinski definition) is 6. The van der Waals surface area contributed by atoms with E-state index in [4.69, 9.17) is 18.9 Å². The zero-order chi connectivity index (χ0) is 17.5. The van der Waals surface area contributed by atoms with Gasteiger partial charge in [0.1, 0.15) is 0 Å². The molecule has 2 fully saturated rings.